The summed E-state index contributed by atoms with van der Waals surface area (Å²) < 4.78 is 26.1. The van der Waals surface area contributed by atoms with E-state index < -0.39 is 0 Å². The molecular weight excluding hydrogens is 378 g/mol. The summed E-state index contributed by atoms with van der Waals surface area (Å²) in [5.41, 5.74) is 1.03. The fraction of sp³-hybridized carbons (Fsp3) is 0.250. The van der Waals surface area contributed by atoms with Gasteiger partial charge in [-0.25, -0.2) is 0 Å². The van der Waals surface area contributed by atoms with Gasteiger partial charge in [0.1, 0.15) is 23.0 Å². The lowest BCUT2D eigenvalue weighted by atomic mass is 10.2. The zero-order valence-corrected chi connectivity index (χ0v) is 16.5. The van der Waals surface area contributed by atoms with E-state index in [-0.39, 0.29) is 18.3 Å². The fourth-order valence-electron chi connectivity index (χ4n) is 2.62. The number of carbonyl (C=O) groups excluding carboxylic acids is 1. The van der Waals surface area contributed by atoms with Crippen LogP contribution >= 0.6 is 0 Å². The van der Waals surface area contributed by atoms with Crippen LogP contribution in [0, 0.1) is 0 Å². The Labute approximate surface area is 167 Å². The van der Waals surface area contributed by atoms with Crippen LogP contribution in [0.1, 0.15) is 16.2 Å². The number of aromatic nitrogens is 2. The summed E-state index contributed by atoms with van der Waals surface area (Å²) in [6.45, 7) is 0.0594. The molecule has 1 N–H and O–H groups in total. The van der Waals surface area contributed by atoms with E-state index in [0.717, 1.165) is 0 Å². The van der Waals surface area contributed by atoms with Crippen molar-refractivity contribution in [3.63, 3.8) is 0 Å². The molecule has 0 aliphatic rings. The second kappa shape index (κ2) is 8.96. The number of carbonyl (C=O) groups is 1. The van der Waals surface area contributed by atoms with Gasteiger partial charge < -0.3 is 28.8 Å². The van der Waals surface area contributed by atoms with Crippen molar-refractivity contribution >= 4 is 5.91 Å². The Morgan fingerprint density at radius 3 is 2.24 bits per heavy atom. The number of nitrogens with one attached hydrogen (secondary N) is 1. The Bertz CT molecular complexity index is 979. The van der Waals surface area contributed by atoms with E-state index in [1.54, 1.807) is 50.6 Å². The van der Waals surface area contributed by atoms with Gasteiger partial charge in [-0.1, -0.05) is 5.16 Å². The lowest BCUT2D eigenvalue weighted by Gasteiger charge is -2.08. The summed E-state index contributed by atoms with van der Waals surface area (Å²) in [5, 5.41) is 6.69. The third kappa shape index (κ3) is 4.57. The third-order valence-electron chi connectivity index (χ3n) is 4.13. The maximum Gasteiger partial charge on any atom is 0.251 e. The Kier molecular flexibility index (Phi) is 6.18. The van der Waals surface area contributed by atoms with E-state index in [1.807, 2.05) is 0 Å². The van der Waals surface area contributed by atoms with Crippen molar-refractivity contribution in [2.45, 2.75) is 6.54 Å². The first-order valence-electron chi connectivity index (χ1n) is 8.64. The molecule has 0 atom stereocenters. The second-order valence-electron chi connectivity index (χ2n) is 5.86. The number of rotatable bonds is 8. The molecule has 3 rings (SSSR count). The molecule has 0 radical (unpaired) electrons. The van der Waals surface area contributed by atoms with Gasteiger partial charge in [-0.2, -0.15) is 4.98 Å². The van der Waals surface area contributed by atoms with Crippen LogP contribution in [0.2, 0.25) is 0 Å². The summed E-state index contributed by atoms with van der Waals surface area (Å²) in [6.07, 6.45) is 0. The number of nitrogens with zero attached hydrogens (tertiary/aromatic N) is 2. The minimum absolute atomic E-state index is 0.0594. The smallest absolute Gasteiger partial charge is 0.251 e. The van der Waals surface area contributed by atoms with Crippen molar-refractivity contribution in [2.24, 2.45) is 0 Å². The summed E-state index contributed by atoms with van der Waals surface area (Å²) in [7, 11) is 6.15. The highest BCUT2D eigenvalue weighted by molar-refractivity contribution is 5.95. The number of ether oxygens (including phenoxy) is 4. The van der Waals surface area contributed by atoms with Crippen LogP contribution in [0.25, 0.3) is 11.4 Å². The van der Waals surface area contributed by atoms with Gasteiger partial charge in [0.05, 0.1) is 40.5 Å². The number of benzene rings is 2. The molecule has 29 heavy (non-hydrogen) atoms. The zero-order valence-electron chi connectivity index (χ0n) is 16.5. The lowest BCUT2D eigenvalue weighted by Crippen LogP contribution is -2.23. The molecule has 0 saturated carbocycles. The largest absolute Gasteiger partial charge is 0.497 e. The first-order valence-corrected chi connectivity index (χ1v) is 8.64. The van der Waals surface area contributed by atoms with Gasteiger partial charge in [0.2, 0.25) is 11.7 Å². The summed E-state index contributed by atoms with van der Waals surface area (Å²) in [4.78, 5) is 16.8. The third-order valence-corrected chi connectivity index (χ3v) is 4.13. The molecule has 0 bridgehead atoms. The summed E-state index contributed by atoms with van der Waals surface area (Å²) in [6, 6.07) is 10.2. The van der Waals surface area contributed by atoms with E-state index in [4.69, 9.17) is 23.5 Å². The molecule has 2 aromatic carbocycles. The molecule has 0 unspecified atom stereocenters. The van der Waals surface area contributed by atoms with E-state index in [1.165, 1.54) is 14.2 Å². The molecule has 9 nitrogen and oxygen atoms in total. The molecule has 0 saturated heterocycles. The molecule has 1 amide bonds. The average molecular weight is 399 g/mol. The van der Waals surface area contributed by atoms with Crippen LogP contribution in [0.4, 0.5) is 0 Å². The monoisotopic (exact) mass is 399 g/mol. The van der Waals surface area contributed by atoms with Crippen LogP contribution in [-0.2, 0) is 6.54 Å². The lowest BCUT2D eigenvalue weighted by molar-refractivity contribution is 0.0945. The van der Waals surface area contributed by atoms with Crippen LogP contribution in [0.15, 0.2) is 40.9 Å². The molecular formula is C20H21N3O6. The quantitative estimate of drug-likeness (QED) is 0.616. The number of hydrogen-bond acceptors (Lipinski definition) is 8. The standard InChI is InChI=1S/C20H21N3O6/c1-25-13-5-6-16(17(10-13)28-4)19-22-18(29-23-19)11-21-20(24)12-7-14(26-2)9-15(8-12)27-3/h5-10H,11H2,1-4H3,(H,21,24). The van der Waals surface area contributed by atoms with Crippen molar-refractivity contribution in [3.05, 3.63) is 47.9 Å². The van der Waals surface area contributed by atoms with Crippen LogP contribution in [-0.4, -0.2) is 44.5 Å². The highest BCUT2D eigenvalue weighted by atomic mass is 16.5. The number of hydrogen-bond donors (Lipinski definition) is 1. The van der Waals surface area contributed by atoms with Gasteiger partial charge in [0.15, 0.2) is 0 Å². The molecule has 0 spiro atoms. The molecule has 1 aromatic heterocycles. The van der Waals surface area contributed by atoms with Crippen molar-refractivity contribution in [1.29, 1.82) is 0 Å². The summed E-state index contributed by atoms with van der Waals surface area (Å²) in [5.74, 6) is 2.49. The maximum absolute atomic E-state index is 12.5. The highest BCUT2D eigenvalue weighted by Gasteiger charge is 2.16. The normalized spacial score (nSPS) is 10.3. The van der Waals surface area contributed by atoms with Crippen molar-refractivity contribution < 1.29 is 28.3 Å². The fourth-order valence-corrected chi connectivity index (χ4v) is 2.62. The van der Waals surface area contributed by atoms with E-state index in [9.17, 15) is 4.79 Å². The van der Waals surface area contributed by atoms with E-state index in [2.05, 4.69) is 15.5 Å². The minimum Gasteiger partial charge on any atom is -0.497 e. The van der Waals surface area contributed by atoms with Crippen molar-refractivity contribution in [2.75, 3.05) is 28.4 Å². The molecule has 3 aromatic rings. The number of amides is 1. The molecule has 1 heterocycles. The zero-order chi connectivity index (χ0) is 20.8. The minimum atomic E-state index is -0.330. The second-order valence-corrected chi connectivity index (χ2v) is 5.86. The Balaban J connectivity index is 1.72. The molecule has 0 fully saturated rings. The molecule has 9 heteroatoms. The first-order chi connectivity index (χ1) is 14.1. The van der Waals surface area contributed by atoms with Gasteiger partial charge in [0, 0.05) is 17.7 Å². The predicted octanol–water partition coefficient (Wildman–Crippen LogP) is 2.70. The van der Waals surface area contributed by atoms with E-state index in [0.29, 0.717) is 39.9 Å². The maximum atomic E-state index is 12.5. The van der Waals surface area contributed by atoms with Crippen LogP contribution < -0.4 is 24.3 Å². The van der Waals surface area contributed by atoms with Crippen molar-refractivity contribution in [3.8, 4) is 34.4 Å². The molecule has 0 aliphatic carbocycles. The van der Waals surface area contributed by atoms with Crippen LogP contribution in [0.5, 0.6) is 23.0 Å². The van der Waals surface area contributed by atoms with E-state index >= 15 is 0 Å². The first kappa shape index (κ1) is 20.0. The van der Waals surface area contributed by atoms with Gasteiger partial charge in [-0.15, -0.1) is 0 Å². The highest BCUT2D eigenvalue weighted by Crippen LogP contribution is 2.31. The van der Waals surface area contributed by atoms with Crippen molar-refractivity contribution in [1.82, 2.24) is 15.5 Å². The number of methoxy groups -OCH3 is 4. The van der Waals surface area contributed by atoms with Gasteiger partial charge in [-0.3, -0.25) is 4.79 Å². The molecule has 0 aliphatic heterocycles. The average Bonchev–Trinajstić information content (AvgIpc) is 3.25. The van der Waals surface area contributed by atoms with Gasteiger partial charge >= 0.3 is 0 Å². The SMILES string of the molecule is COc1cc(OC)cc(C(=O)NCc2nc(-c3ccc(OC)cc3OC)no2)c1. The van der Waals surface area contributed by atoms with Crippen LogP contribution in [0.3, 0.4) is 0 Å². The molecule has 152 valence electrons. The Morgan fingerprint density at radius 1 is 0.931 bits per heavy atom. The van der Waals surface area contributed by atoms with Gasteiger partial charge in [-0.05, 0) is 24.3 Å². The predicted molar refractivity (Wildman–Crippen MR) is 104 cm³/mol. The Hall–Kier alpha value is -3.75. The summed E-state index contributed by atoms with van der Waals surface area (Å²) >= 11 is 0. The topological polar surface area (TPSA) is 105 Å². The van der Waals surface area contributed by atoms with Gasteiger partial charge in [0.25, 0.3) is 5.91 Å². The Morgan fingerprint density at radius 2 is 1.62 bits per heavy atom.